The van der Waals surface area contributed by atoms with Crippen molar-refractivity contribution < 1.29 is 0 Å². The first-order chi connectivity index (χ1) is 13.3. The number of hydrogen-bond donors (Lipinski definition) is 0. The van der Waals surface area contributed by atoms with Gasteiger partial charge in [0.2, 0.25) is 0 Å². The SMILES string of the molecule is O=c1c2cccnc2ncn1Cc1ccc(-c2ccc3cncn3c2)cc1. The van der Waals surface area contributed by atoms with Crippen LogP contribution in [0.2, 0.25) is 0 Å². The van der Waals surface area contributed by atoms with Crippen molar-refractivity contribution in [2.45, 2.75) is 6.54 Å². The molecule has 6 nitrogen and oxygen atoms in total. The van der Waals surface area contributed by atoms with Gasteiger partial charge in [-0.1, -0.05) is 30.3 Å². The summed E-state index contributed by atoms with van der Waals surface area (Å²) in [6.45, 7) is 0.470. The molecule has 0 unspecified atom stereocenters. The number of rotatable bonds is 3. The van der Waals surface area contributed by atoms with Crippen molar-refractivity contribution in [2.24, 2.45) is 0 Å². The van der Waals surface area contributed by atoms with Crippen LogP contribution in [0.3, 0.4) is 0 Å². The van der Waals surface area contributed by atoms with Gasteiger partial charge < -0.3 is 4.40 Å². The molecule has 130 valence electrons. The quantitative estimate of drug-likeness (QED) is 0.500. The molecular weight excluding hydrogens is 338 g/mol. The van der Waals surface area contributed by atoms with E-state index in [1.165, 1.54) is 0 Å². The van der Waals surface area contributed by atoms with Crippen LogP contribution in [-0.4, -0.2) is 23.9 Å². The Labute approximate surface area is 154 Å². The molecule has 5 aromatic rings. The first-order valence-electron chi connectivity index (χ1n) is 8.59. The Morgan fingerprint density at radius 3 is 2.63 bits per heavy atom. The normalized spacial score (nSPS) is 11.3. The van der Waals surface area contributed by atoms with E-state index in [-0.39, 0.29) is 5.56 Å². The van der Waals surface area contributed by atoms with Crippen LogP contribution >= 0.6 is 0 Å². The lowest BCUT2D eigenvalue weighted by Crippen LogP contribution is -2.21. The van der Waals surface area contributed by atoms with E-state index in [1.807, 2.05) is 28.8 Å². The maximum atomic E-state index is 12.6. The van der Waals surface area contributed by atoms with Crippen molar-refractivity contribution >= 4 is 16.6 Å². The molecular formula is C21H15N5O. The molecule has 27 heavy (non-hydrogen) atoms. The Balaban J connectivity index is 1.45. The summed E-state index contributed by atoms with van der Waals surface area (Å²) in [6, 6.07) is 15.8. The van der Waals surface area contributed by atoms with Gasteiger partial charge in [-0.05, 0) is 34.9 Å². The first-order valence-corrected chi connectivity index (χ1v) is 8.59. The maximum absolute atomic E-state index is 12.6. The van der Waals surface area contributed by atoms with Crippen molar-refractivity contribution in [1.82, 2.24) is 23.9 Å². The molecule has 0 saturated carbocycles. The Hall–Kier alpha value is -3.80. The Kier molecular flexibility index (Phi) is 3.53. The van der Waals surface area contributed by atoms with E-state index >= 15 is 0 Å². The highest BCUT2D eigenvalue weighted by Gasteiger charge is 2.06. The van der Waals surface area contributed by atoms with Gasteiger partial charge in [-0.3, -0.25) is 9.36 Å². The van der Waals surface area contributed by atoms with Crippen LogP contribution in [0.25, 0.3) is 27.7 Å². The molecule has 4 aromatic heterocycles. The molecule has 0 amide bonds. The number of aromatic nitrogens is 5. The molecule has 6 heteroatoms. The Morgan fingerprint density at radius 2 is 1.74 bits per heavy atom. The molecule has 0 aliphatic heterocycles. The van der Waals surface area contributed by atoms with Gasteiger partial charge in [0.15, 0.2) is 5.65 Å². The summed E-state index contributed by atoms with van der Waals surface area (Å²) in [4.78, 5) is 25.1. The fraction of sp³-hybridized carbons (Fsp3) is 0.0476. The third-order valence-electron chi connectivity index (χ3n) is 4.65. The van der Waals surface area contributed by atoms with E-state index in [2.05, 4.69) is 39.3 Å². The minimum absolute atomic E-state index is 0.0808. The van der Waals surface area contributed by atoms with Gasteiger partial charge in [0.1, 0.15) is 6.33 Å². The van der Waals surface area contributed by atoms with Gasteiger partial charge in [-0.25, -0.2) is 15.0 Å². The van der Waals surface area contributed by atoms with E-state index in [4.69, 9.17) is 0 Å². The molecule has 4 heterocycles. The van der Waals surface area contributed by atoms with E-state index in [0.29, 0.717) is 17.6 Å². The predicted octanol–water partition coefficient (Wildman–Crippen LogP) is 3.15. The fourth-order valence-corrected chi connectivity index (χ4v) is 3.20. The largest absolute Gasteiger partial charge is 0.306 e. The second-order valence-corrected chi connectivity index (χ2v) is 6.39. The molecule has 0 saturated heterocycles. The summed E-state index contributed by atoms with van der Waals surface area (Å²) in [5.41, 5.74) is 4.72. The van der Waals surface area contributed by atoms with Crippen LogP contribution in [0.1, 0.15) is 5.56 Å². The average Bonchev–Trinajstić information content (AvgIpc) is 3.19. The zero-order chi connectivity index (χ0) is 18.2. The van der Waals surface area contributed by atoms with E-state index in [9.17, 15) is 4.79 Å². The average molecular weight is 353 g/mol. The van der Waals surface area contributed by atoms with Crippen LogP contribution in [0, 0.1) is 0 Å². The molecule has 0 spiro atoms. The van der Waals surface area contributed by atoms with E-state index < -0.39 is 0 Å². The summed E-state index contributed by atoms with van der Waals surface area (Å²) in [7, 11) is 0. The number of pyridine rings is 2. The third kappa shape index (κ3) is 2.77. The summed E-state index contributed by atoms with van der Waals surface area (Å²) >= 11 is 0. The molecule has 0 aliphatic carbocycles. The molecule has 0 aliphatic rings. The summed E-state index contributed by atoms with van der Waals surface area (Å²) in [6.07, 6.45) is 8.87. The highest BCUT2D eigenvalue weighted by molar-refractivity contribution is 5.72. The van der Waals surface area contributed by atoms with Gasteiger partial charge in [0.05, 0.1) is 30.0 Å². The maximum Gasteiger partial charge on any atom is 0.263 e. The number of benzene rings is 1. The summed E-state index contributed by atoms with van der Waals surface area (Å²) in [5.74, 6) is 0. The second kappa shape index (κ2) is 6.17. The highest BCUT2D eigenvalue weighted by atomic mass is 16.1. The molecule has 0 atom stereocenters. The highest BCUT2D eigenvalue weighted by Crippen LogP contribution is 2.21. The number of fused-ring (bicyclic) bond motifs is 2. The molecule has 0 radical (unpaired) electrons. The number of imidazole rings is 1. The van der Waals surface area contributed by atoms with Crippen molar-refractivity contribution in [3.8, 4) is 11.1 Å². The van der Waals surface area contributed by atoms with Crippen LogP contribution in [-0.2, 0) is 6.54 Å². The lowest BCUT2D eigenvalue weighted by Gasteiger charge is -2.08. The molecule has 5 rings (SSSR count). The van der Waals surface area contributed by atoms with E-state index in [1.54, 1.807) is 35.6 Å². The monoisotopic (exact) mass is 353 g/mol. The van der Waals surface area contributed by atoms with E-state index in [0.717, 1.165) is 22.2 Å². The smallest absolute Gasteiger partial charge is 0.263 e. The molecule has 0 bridgehead atoms. The molecule has 1 aromatic carbocycles. The van der Waals surface area contributed by atoms with Crippen LogP contribution < -0.4 is 5.56 Å². The lowest BCUT2D eigenvalue weighted by atomic mass is 10.1. The minimum atomic E-state index is -0.0808. The topological polar surface area (TPSA) is 65.1 Å². The zero-order valence-electron chi connectivity index (χ0n) is 14.4. The van der Waals surface area contributed by atoms with Crippen LogP contribution in [0.15, 0.2) is 84.6 Å². The van der Waals surface area contributed by atoms with Crippen molar-refractivity contribution in [1.29, 1.82) is 0 Å². The van der Waals surface area contributed by atoms with Gasteiger partial charge in [-0.15, -0.1) is 0 Å². The lowest BCUT2D eigenvalue weighted by molar-refractivity contribution is 0.747. The third-order valence-corrected chi connectivity index (χ3v) is 4.65. The minimum Gasteiger partial charge on any atom is -0.306 e. The van der Waals surface area contributed by atoms with Gasteiger partial charge in [-0.2, -0.15) is 0 Å². The first kappa shape index (κ1) is 15.5. The van der Waals surface area contributed by atoms with Gasteiger partial charge in [0, 0.05) is 12.4 Å². The van der Waals surface area contributed by atoms with Crippen LogP contribution in [0.5, 0.6) is 0 Å². The zero-order valence-corrected chi connectivity index (χ0v) is 14.4. The number of hydrogen-bond acceptors (Lipinski definition) is 4. The summed E-state index contributed by atoms with van der Waals surface area (Å²) in [5, 5.41) is 0.533. The fourth-order valence-electron chi connectivity index (χ4n) is 3.20. The predicted molar refractivity (Wildman–Crippen MR) is 104 cm³/mol. The summed E-state index contributed by atoms with van der Waals surface area (Å²) < 4.78 is 3.61. The van der Waals surface area contributed by atoms with Crippen molar-refractivity contribution in [2.75, 3.05) is 0 Å². The van der Waals surface area contributed by atoms with Crippen molar-refractivity contribution in [3.05, 3.63) is 95.7 Å². The molecule has 0 N–H and O–H groups in total. The standard InChI is InChI=1S/C21H15N5O/c27-21-19-2-1-9-23-20(19)24-14-26(21)11-15-3-5-16(6-4-15)17-7-8-18-10-22-13-25(18)12-17/h1-10,12-14H,11H2. The number of nitrogens with zero attached hydrogens (tertiary/aromatic N) is 5. The van der Waals surface area contributed by atoms with Crippen LogP contribution in [0.4, 0.5) is 0 Å². The Bertz CT molecular complexity index is 1320. The van der Waals surface area contributed by atoms with Gasteiger partial charge in [0.25, 0.3) is 5.56 Å². The van der Waals surface area contributed by atoms with Crippen molar-refractivity contribution in [3.63, 3.8) is 0 Å². The molecule has 0 fully saturated rings. The second-order valence-electron chi connectivity index (χ2n) is 6.39. The Morgan fingerprint density at radius 1 is 0.889 bits per heavy atom. The van der Waals surface area contributed by atoms with Gasteiger partial charge >= 0.3 is 0 Å².